The SMILES string of the molecule is CC(C)Cc1nc(-c2ccc3c(c2)COC3)oc1C(=O)O. The Hall–Kier alpha value is -2.14. The van der Waals surface area contributed by atoms with Gasteiger partial charge in [0, 0.05) is 5.56 Å². The number of hydrogen-bond donors (Lipinski definition) is 1. The topological polar surface area (TPSA) is 72.6 Å². The Labute approximate surface area is 122 Å². The fourth-order valence-corrected chi connectivity index (χ4v) is 2.47. The van der Waals surface area contributed by atoms with E-state index in [2.05, 4.69) is 4.98 Å². The van der Waals surface area contributed by atoms with Gasteiger partial charge < -0.3 is 14.3 Å². The Kier molecular flexibility index (Phi) is 3.51. The van der Waals surface area contributed by atoms with Crippen molar-refractivity contribution < 1.29 is 19.1 Å². The third kappa shape index (κ3) is 2.69. The van der Waals surface area contributed by atoms with Crippen molar-refractivity contribution in [1.82, 2.24) is 4.98 Å². The molecule has 0 saturated heterocycles. The number of fused-ring (bicyclic) bond motifs is 1. The molecule has 0 fully saturated rings. The maximum atomic E-state index is 11.3. The van der Waals surface area contributed by atoms with Crippen molar-refractivity contribution >= 4 is 5.97 Å². The molecule has 0 saturated carbocycles. The zero-order valence-corrected chi connectivity index (χ0v) is 12.0. The minimum absolute atomic E-state index is 0.0598. The van der Waals surface area contributed by atoms with Crippen LogP contribution in [0.1, 0.15) is 41.2 Å². The van der Waals surface area contributed by atoms with Gasteiger partial charge >= 0.3 is 5.97 Å². The summed E-state index contributed by atoms with van der Waals surface area (Å²) in [7, 11) is 0. The van der Waals surface area contributed by atoms with Crippen molar-refractivity contribution in [2.24, 2.45) is 5.92 Å². The number of benzene rings is 1. The van der Waals surface area contributed by atoms with Gasteiger partial charge in [-0.15, -0.1) is 0 Å². The number of rotatable bonds is 4. The second-order valence-electron chi connectivity index (χ2n) is 5.67. The smallest absolute Gasteiger partial charge is 0.373 e. The number of aromatic carboxylic acids is 1. The van der Waals surface area contributed by atoms with Crippen molar-refractivity contribution in [2.75, 3.05) is 0 Å². The zero-order valence-electron chi connectivity index (χ0n) is 12.0. The lowest BCUT2D eigenvalue weighted by atomic mass is 10.1. The Morgan fingerprint density at radius 2 is 2.10 bits per heavy atom. The summed E-state index contributed by atoms with van der Waals surface area (Å²) in [6.45, 7) is 5.24. The third-order valence-corrected chi connectivity index (χ3v) is 3.46. The first-order chi connectivity index (χ1) is 10.0. The first-order valence-electron chi connectivity index (χ1n) is 6.97. The Morgan fingerprint density at radius 3 is 2.81 bits per heavy atom. The van der Waals surface area contributed by atoms with E-state index in [-0.39, 0.29) is 5.76 Å². The van der Waals surface area contributed by atoms with Crippen molar-refractivity contribution in [3.05, 3.63) is 40.8 Å². The summed E-state index contributed by atoms with van der Waals surface area (Å²) in [6.07, 6.45) is 0.583. The predicted octanol–water partition coefficient (Wildman–Crippen LogP) is 3.27. The number of hydrogen-bond acceptors (Lipinski definition) is 4. The largest absolute Gasteiger partial charge is 0.475 e. The molecule has 1 aliphatic rings. The highest BCUT2D eigenvalue weighted by atomic mass is 16.5. The van der Waals surface area contributed by atoms with Gasteiger partial charge in [0.2, 0.25) is 11.7 Å². The maximum Gasteiger partial charge on any atom is 0.373 e. The summed E-state index contributed by atoms with van der Waals surface area (Å²) in [5.41, 5.74) is 3.56. The molecule has 0 radical (unpaired) electrons. The number of oxazole rings is 1. The van der Waals surface area contributed by atoms with E-state index >= 15 is 0 Å². The summed E-state index contributed by atoms with van der Waals surface area (Å²) < 4.78 is 10.9. The van der Waals surface area contributed by atoms with Gasteiger partial charge in [-0.1, -0.05) is 19.9 Å². The van der Waals surface area contributed by atoms with Crippen LogP contribution in [-0.2, 0) is 24.4 Å². The lowest BCUT2D eigenvalue weighted by Gasteiger charge is -2.00. The summed E-state index contributed by atoms with van der Waals surface area (Å²) in [5, 5.41) is 9.24. The number of ether oxygens (including phenoxy) is 1. The third-order valence-electron chi connectivity index (χ3n) is 3.46. The lowest BCUT2D eigenvalue weighted by molar-refractivity contribution is 0.0661. The van der Waals surface area contributed by atoms with Gasteiger partial charge in [-0.2, -0.15) is 0 Å². The molecule has 0 spiro atoms. The Bertz CT molecular complexity index is 688. The minimum Gasteiger partial charge on any atom is -0.475 e. The number of carbonyl (C=O) groups is 1. The van der Waals surface area contributed by atoms with E-state index < -0.39 is 5.97 Å². The monoisotopic (exact) mass is 287 g/mol. The fraction of sp³-hybridized carbons (Fsp3) is 0.375. The van der Waals surface area contributed by atoms with E-state index in [4.69, 9.17) is 9.15 Å². The first-order valence-corrected chi connectivity index (χ1v) is 6.97. The molecular weight excluding hydrogens is 270 g/mol. The van der Waals surface area contributed by atoms with Crippen molar-refractivity contribution in [3.63, 3.8) is 0 Å². The average molecular weight is 287 g/mol. The molecule has 110 valence electrons. The Morgan fingerprint density at radius 1 is 1.33 bits per heavy atom. The summed E-state index contributed by atoms with van der Waals surface area (Å²) in [5.74, 6) is -0.462. The van der Waals surface area contributed by atoms with Crippen LogP contribution in [0.5, 0.6) is 0 Å². The van der Waals surface area contributed by atoms with Crippen LogP contribution in [-0.4, -0.2) is 16.1 Å². The van der Waals surface area contributed by atoms with Gasteiger partial charge in [0.25, 0.3) is 0 Å². The highest BCUT2D eigenvalue weighted by Crippen LogP contribution is 2.28. The van der Waals surface area contributed by atoms with Crippen molar-refractivity contribution in [3.8, 4) is 11.5 Å². The molecule has 1 aromatic heterocycles. The molecule has 2 heterocycles. The van der Waals surface area contributed by atoms with E-state index in [1.54, 1.807) is 0 Å². The van der Waals surface area contributed by atoms with E-state index in [0.717, 1.165) is 16.7 Å². The second-order valence-corrected chi connectivity index (χ2v) is 5.67. The normalized spacial score (nSPS) is 13.7. The minimum atomic E-state index is -1.08. The van der Waals surface area contributed by atoms with Gasteiger partial charge in [-0.05, 0) is 35.6 Å². The van der Waals surface area contributed by atoms with Crippen LogP contribution in [0.25, 0.3) is 11.5 Å². The summed E-state index contributed by atoms with van der Waals surface area (Å²) in [6, 6.07) is 5.83. The van der Waals surface area contributed by atoms with Crippen molar-refractivity contribution in [2.45, 2.75) is 33.5 Å². The summed E-state index contributed by atoms with van der Waals surface area (Å²) >= 11 is 0. The molecule has 2 aromatic rings. The second kappa shape index (κ2) is 5.33. The molecular formula is C16H17NO4. The number of carboxylic acid groups (broad SMARTS) is 1. The quantitative estimate of drug-likeness (QED) is 0.934. The number of carboxylic acids is 1. The van der Waals surface area contributed by atoms with Crippen molar-refractivity contribution in [1.29, 1.82) is 0 Å². The number of aromatic nitrogens is 1. The van der Waals surface area contributed by atoms with E-state index in [0.29, 0.717) is 37.1 Å². The van der Waals surface area contributed by atoms with Gasteiger partial charge in [-0.25, -0.2) is 9.78 Å². The molecule has 0 unspecified atom stereocenters. The van der Waals surface area contributed by atoms with E-state index in [1.807, 2.05) is 32.0 Å². The molecule has 5 heteroatoms. The molecule has 0 bridgehead atoms. The first kappa shape index (κ1) is 13.8. The molecule has 1 aliphatic heterocycles. The fourth-order valence-electron chi connectivity index (χ4n) is 2.47. The van der Waals surface area contributed by atoms with E-state index in [1.165, 1.54) is 0 Å². The standard InChI is InChI=1S/C16H17NO4/c1-9(2)5-13-14(16(18)19)21-15(17-13)10-3-4-11-7-20-8-12(11)6-10/h3-4,6,9H,5,7-8H2,1-2H3,(H,18,19). The zero-order chi connectivity index (χ0) is 15.0. The molecule has 0 amide bonds. The highest BCUT2D eigenvalue weighted by Gasteiger charge is 2.22. The summed E-state index contributed by atoms with van der Waals surface area (Å²) in [4.78, 5) is 15.7. The molecule has 3 rings (SSSR count). The number of nitrogens with zero attached hydrogens (tertiary/aromatic N) is 1. The van der Waals surface area contributed by atoms with Gasteiger partial charge in [0.05, 0.1) is 18.9 Å². The molecule has 5 nitrogen and oxygen atoms in total. The van der Waals surface area contributed by atoms with Gasteiger partial charge in [0.1, 0.15) is 0 Å². The molecule has 0 atom stereocenters. The Balaban J connectivity index is 2.00. The van der Waals surface area contributed by atoms with Crippen LogP contribution in [0.4, 0.5) is 0 Å². The predicted molar refractivity (Wildman–Crippen MR) is 75.9 cm³/mol. The van der Waals surface area contributed by atoms with Gasteiger partial charge in [0.15, 0.2) is 0 Å². The molecule has 0 aliphatic carbocycles. The van der Waals surface area contributed by atoms with Crippen LogP contribution in [0.3, 0.4) is 0 Å². The lowest BCUT2D eigenvalue weighted by Crippen LogP contribution is -2.03. The maximum absolute atomic E-state index is 11.3. The molecule has 1 N–H and O–H groups in total. The molecule has 21 heavy (non-hydrogen) atoms. The van der Waals surface area contributed by atoms with Crippen LogP contribution in [0, 0.1) is 5.92 Å². The van der Waals surface area contributed by atoms with E-state index in [9.17, 15) is 9.90 Å². The average Bonchev–Trinajstić information content (AvgIpc) is 3.03. The molecule has 1 aromatic carbocycles. The van der Waals surface area contributed by atoms with Crippen LogP contribution >= 0.6 is 0 Å². The van der Waals surface area contributed by atoms with Crippen LogP contribution < -0.4 is 0 Å². The highest BCUT2D eigenvalue weighted by molar-refractivity contribution is 5.86. The van der Waals surface area contributed by atoms with Crippen LogP contribution in [0.2, 0.25) is 0 Å². The van der Waals surface area contributed by atoms with Gasteiger partial charge in [-0.3, -0.25) is 0 Å². The van der Waals surface area contributed by atoms with Crippen LogP contribution in [0.15, 0.2) is 22.6 Å².